The fourth-order valence-electron chi connectivity index (χ4n) is 8.70. The molecule has 29 heteroatoms. The van der Waals surface area contributed by atoms with Crippen LogP contribution in [0.1, 0.15) is 83.0 Å². The van der Waals surface area contributed by atoms with E-state index in [9.17, 15) is 52.7 Å². The third-order valence-corrected chi connectivity index (χ3v) is 13.4. The summed E-state index contributed by atoms with van der Waals surface area (Å²) in [7, 11) is 0. The van der Waals surface area contributed by atoms with Crippen molar-refractivity contribution in [1.29, 1.82) is 0 Å². The van der Waals surface area contributed by atoms with Crippen LogP contribution in [-0.4, -0.2) is 200 Å². The average molecular weight is 1230 g/mol. The van der Waals surface area contributed by atoms with E-state index >= 15 is 0 Å². The summed E-state index contributed by atoms with van der Waals surface area (Å²) in [6.07, 6.45) is -25.6. The Bertz CT molecular complexity index is 2330. The number of nitrogens with zero attached hydrogens (tertiary/aromatic N) is 1. The summed E-state index contributed by atoms with van der Waals surface area (Å²) in [5.41, 5.74) is -0.0520. The van der Waals surface area contributed by atoms with Crippen LogP contribution in [0.4, 0.5) is 0 Å². The number of carbonyl (C=O) groups is 11. The van der Waals surface area contributed by atoms with Gasteiger partial charge in [-0.2, -0.15) is 0 Å². The normalized spacial score (nSPS) is 29.8. The summed E-state index contributed by atoms with van der Waals surface area (Å²) >= 11 is 6.83. The molecule has 1 aromatic rings. The Morgan fingerprint density at radius 3 is 1.16 bits per heavy atom. The molecular formula is C48H59Br2NO26. The number of halogens is 2. The van der Waals surface area contributed by atoms with Crippen molar-refractivity contribution in [2.24, 2.45) is 5.92 Å². The van der Waals surface area contributed by atoms with E-state index in [1.54, 1.807) is 0 Å². The highest BCUT2D eigenvalue weighted by molar-refractivity contribution is 9.09. The first kappa shape index (κ1) is 62.2. The quantitative estimate of drug-likeness (QED) is 0.0683. The standard InChI is InChI=1S/C48H59Br2NO26/c1-20(52)63-17-32-36(39(68-24(5)56)35(46(73-32)66-16-29(14-49)15-50)51-44(61)30-12-10-11-13-31(30)45(51)62)76-47-43(72-28(9)60)41(70-26(7)58)38(34(75-47)19-65-22(3)54)77-48-42(71-27(8)59)40(69-25(6)57)37(67-23(4)55)33(74-48)18-64-21(2)53/h10-13,29,32-43,46-48H,14-19H2,1-9H3/t32-,33-,34-,35-,36-,37+,38+,39-,40+,41+,42-,43-,46-,47+,48-/m1/s1. The molecule has 77 heavy (non-hydrogen) atoms. The van der Waals surface area contributed by atoms with Gasteiger partial charge in [-0.25, -0.2) is 0 Å². The second kappa shape index (κ2) is 28.3. The van der Waals surface area contributed by atoms with Crippen LogP contribution < -0.4 is 0 Å². The Balaban J connectivity index is 1.70. The van der Waals surface area contributed by atoms with Crippen molar-refractivity contribution in [1.82, 2.24) is 4.90 Å². The van der Waals surface area contributed by atoms with E-state index < -0.39 is 177 Å². The molecule has 5 rings (SSSR count). The Morgan fingerprint density at radius 1 is 0.455 bits per heavy atom. The van der Waals surface area contributed by atoms with Crippen LogP contribution in [0.3, 0.4) is 0 Å². The lowest BCUT2D eigenvalue weighted by Crippen LogP contribution is -2.70. The fraction of sp³-hybridized carbons (Fsp3) is 0.646. The predicted octanol–water partition coefficient (Wildman–Crippen LogP) is 1.30. The maximum atomic E-state index is 14.4. The molecule has 1 aromatic carbocycles. The van der Waals surface area contributed by atoms with Crippen LogP contribution in [-0.2, 0) is 114 Å². The molecule has 0 radical (unpaired) electrons. The average Bonchev–Trinajstić information content (AvgIpc) is 3.58. The van der Waals surface area contributed by atoms with Gasteiger partial charge in [0.1, 0.15) is 56.4 Å². The van der Waals surface area contributed by atoms with Crippen molar-refractivity contribution in [3.63, 3.8) is 0 Å². The van der Waals surface area contributed by atoms with Crippen molar-refractivity contribution in [2.75, 3.05) is 37.1 Å². The SMILES string of the molecule is CC(=O)OC[C@H]1O[C@H](O[C@@H]2[C@H](OC(C)=O)[C@@H](OC(C)=O)[C@H](O[C@H]3[C@H](OC(C)=O)[C@@H](N4C(=O)c5ccccc5C4=O)[C@H](OCC(CBr)CBr)O[C@@H]3COC(C)=O)O[C@@H]2COC(C)=O)[C@H](OC(C)=O)[C@@H](OC(C)=O)[C@H]1OC(C)=O. The van der Waals surface area contributed by atoms with Crippen molar-refractivity contribution in [3.05, 3.63) is 35.4 Å². The number of fused-ring (bicyclic) bond motifs is 1. The van der Waals surface area contributed by atoms with E-state index in [1.165, 1.54) is 24.3 Å². The number of amides is 2. The van der Waals surface area contributed by atoms with Crippen molar-refractivity contribution >= 4 is 97.4 Å². The largest absolute Gasteiger partial charge is 0.463 e. The van der Waals surface area contributed by atoms with Crippen molar-refractivity contribution in [2.45, 2.75) is 154 Å². The van der Waals surface area contributed by atoms with Crippen LogP contribution in [0, 0.1) is 5.92 Å². The van der Waals surface area contributed by atoms with Crippen LogP contribution in [0.2, 0.25) is 0 Å². The molecule has 426 valence electrons. The summed E-state index contributed by atoms with van der Waals surface area (Å²) in [5.74, 6) is -10.6. The Hall–Kier alpha value is -5.69. The molecule has 4 aliphatic heterocycles. The van der Waals surface area contributed by atoms with E-state index in [0.717, 1.165) is 67.2 Å². The Morgan fingerprint density at radius 2 is 0.779 bits per heavy atom. The van der Waals surface area contributed by atoms with Gasteiger partial charge in [-0.15, -0.1) is 0 Å². The van der Waals surface area contributed by atoms with Gasteiger partial charge >= 0.3 is 53.7 Å². The molecule has 4 heterocycles. The smallest absolute Gasteiger partial charge is 0.303 e. The van der Waals surface area contributed by atoms with E-state index in [2.05, 4.69) is 31.9 Å². The zero-order valence-electron chi connectivity index (χ0n) is 43.1. The Kier molecular flexibility index (Phi) is 22.8. The van der Waals surface area contributed by atoms with Gasteiger partial charge in [-0.05, 0) is 12.1 Å². The molecule has 0 saturated carbocycles. The first-order valence-electron chi connectivity index (χ1n) is 23.8. The zero-order valence-corrected chi connectivity index (χ0v) is 46.3. The van der Waals surface area contributed by atoms with Gasteiger partial charge in [-0.1, -0.05) is 44.0 Å². The zero-order chi connectivity index (χ0) is 57.0. The van der Waals surface area contributed by atoms with E-state index in [4.69, 9.17) is 71.1 Å². The van der Waals surface area contributed by atoms with Crippen LogP contribution in [0.15, 0.2) is 24.3 Å². The fourth-order valence-corrected chi connectivity index (χ4v) is 10.1. The van der Waals surface area contributed by atoms with E-state index in [1.807, 2.05) is 0 Å². The number of hydrogen-bond acceptors (Lipinski definition) is 26. The predicted molar refractivity (Wildman–Crippen MR) is 257 cm³/mol. The molecule has 15 atom stereocenters. The minimum absolute atomic E-state index is 0.0260. The third kappa shape index (κ3) is 16.4. The molecule has 27 nitrogen and oxygen atoms in total. The molecule has 3 saturated heterocycles. The third-order valence-electron chi connectivity index (χ3n) is 11.6. The minimum atomic E-state index is -2.09. The molecule has 0 N–H and O–H groups in total. The van der Waals surface area contributed by atoms with Gasteiger partial charge in [0.15, 0.2) is 55.5 Å². The Labute approximate surface area is 457 Å². The van der Waals surface area contributed by atoms with Crippen LogP contribution in [0.25, 0.3) is 0 Å². The van der Waals surface area contributed by atoms with Crippen LogP contribution >= 0.6 is 31.9 Å². The van der Waals surface area contributed by atoms with Gasteiger partial charge < -0.3 is 71.1 Å². The number of imide groups is 1. The van der Waals surface area contributed by atoms with Gasteiger partial charge in [0.05, 0.1) is 17.7 Å². The monoisotopic (exact) mass is 1220 g/mol. The van der Waals surface area contributed by atoms with Gasteiger partial charge in [0.2, 0.25) is 0 Å². The maximum absolute atomic E-state index is 14.4. The number of rotatable bonds is 22. The lowest BCUT2D eigenvalue weighted by Gasteiger charge is -2.51. The summed E-state index contributed by atoms with van der Waals surface area (Å²) in [5, 5.41) is 0.789. The first-order chi connectivity index (χ1) is 36.3. The van der Waals surface area contributed by atoms with Crippen molar-refractivity contribution < 1.29 is 124 Å². The lowest BCUT2D eigenvalue weighted by atomic mass is 9.93. The molecule has 0 aromatic heterocycles. The second-order valence-corrected chi connectivity index (χ2v) is 19.0. The number of carbonyl (C=O) groups excluding carboxylic acids is 11. The highest BCUT2D eigenvalue weighted by atomic mass is 79.9. The van der Waals surface area contributed by atoms with E-state index in [-0.39, 0.29) is 23.7 Å². The van der Waals surface area contributed by atoms with Crippen molar-refractivity contribution in [3.8, 4) is 0 Å². The number of esters is 9. The van der Waals surface area contributed by atoms with E-state index in [0.29, 0.717) is 10.7 Å². The lowest BCUT2D eigenvalue weighted by molar-refractivity contribution is -0.377. The van der Waals surface area contributed by atoms with Gasteiger partial charge in [-0.3, -0.25) is 57.6 Å². The molecule has 0 unspecified atom stereocenters. The van der Waals surface area contributed by atoms with Gasteiger partial charge in [0, 0.05) is 78.9 Å². The summed E-state index contributed by atoms with van der Waals surface area (Å²) in [6, 6.07) is 4.13. The summed E-state index contributed by atoms with van der Waals surface area (Å²) in [4.78, 5) is 144. The number of alkyl halides is 2. The minimum Gasteiger partial charge on any atom is -0.463 e. The second-order valence-electron chi connectivity index (χ2n) is 17.7. The number of ether oxygens (including phenoxy) is 15. The highest BCUT2D eigenvalue weighted by Crippen LogP contribution is 2.40. The molecule has 3 fully saturated rings. The maximum Gasteiger partial charge on any atom is 0.303 e. The molecule has 0 spiro atoms. The molecule has 0 bridgehead atoms. The molecule has 4 aliphatic rings. The molecular weight excluding hydrogens is 1170 g/mol. The highest BCUT2D eigenvalue weighted by Gasteiger charge is 2.61. The number of hydrogen-bond donors (Lipinski definition) is 0. The van der Waals surface area contributed by atoms with Crippen LogP contribution in [0.5, 0.6) is 0 Å². The topological polar surface area (TPSA) is 329 Å². The molecule has 2 amide bonds. The molecule has 0 aliphatic carbocycles. The summed E-state index contributed by atoms with van der Waals surface area (Å²) < 4.78 is 88.6. The summed E-state index contributed by atoms with van der Waals surface area (Å²) in [6.45, 7) is 6.69. The number of benzene rings is 1. The first-order valence-corrected chi connectivity index (χ1v) is 26.0. The van der Waals surface area contributed by atoms with Gasteiger partial charge in [0.25, 0.3) is 11.8 Å².